The van der Waals surface area contributed by atoms with Gasteiger partial charge >= 0.3 is 5.63 Å². The van der Waals surface area contributed by atoms with Gasteiger partial charge in [0.25, 0.3) is 0 Å². The summed E-state index contributed by atoms with van der Waals surface area (Å²) in [5.41, 5.74) is 0.591. The van der Waals surface area contributed by atoms with E-state index in [4.69, 9.17) is 27.6 Å². The summed E-state index contributed by atoms with van der Waals surface area (Å²) in [7, 11) is 0. The lowest BCUT2D eigenvalue weighted by molar-refractivity contribution is 0.518. The highest BCUT2D eigenvalue weighted by Gasteiger charge is 2.15. The number of nitrogens with zero attached hydrogens (tertiary/aromatic N) is 1. The fourth-order valence-electron chi connectivity index (χ4n) is 4.10. The standard InChI is InChI=1S/C24H11Cl2NO2/c25-17-10-18-22(19(26)11-17)27-23(29-24(18)28)16-8-14-6-4-12-2-1-3-13-5-7-15(9-16)21(14)20(12)13/h1-11H. The van der Waals surface area contributed by atoms with Crippen LogP contribution in [-0.4, -0.2) is 4.98 Å². The van der Waals surface area contributed by atoms with Crippen molar-refractivity contribution in [2.45, 2.75) is 0 Å². The zero-order valence-corrected chi connectivity index (χ0v) is 16.4. The Kier molecular flexibility index (Phi) is 3.43. The predicted octanol–water partition coefficient (Wildman–Crippen LogP) is 7.06. The van der Waals surface area contributed by atoms with Crippen LogP contribution in [0.1, 0.15) is 0 Å². The predicted molar refractivity (Wildman–Crippen MR) is 119 cm³/mol. The molecule has 6 rings (SSSR count). The van der Waals surface area contributed by atoms with Gasteiger partial charge in [0.1, 0.15) is 5.52 Å². The Balaban J connectivity index is 1.68. The molecule has 3 nitrogen and oxygen atoms in total. The summed E-state index contributed by atoms with van der Waals surface area (Å²) in [6.07, 6.45) is 0. The molecule has 29 heavy (non-hydrogen) atoms. The molecule has 0 saturated heterocycles. The van der Waals surface area contributed by atoms with Crippen molar-refractivity contribution in [1.29, 1.82) is 0 Å². The Hall–Kier alpha value is -3.14. The van der Waals surface area contributed by atoms with Gasteiger partial charge in [-0.25, -0.2) is 9.78 Å². The quantitative estimate of drug-likeness (QED) is 0.270. The SMILES string of the molecule is O=c1oc(-c2cc3ccc4cccc5ccc(c2)c3c45)nc2c(Cl)cc(Cl)cc12. The van der Waals surface area contributed by atoms with Gasteiger partial charge in [-0.15, -0.1) is 0 Å². The summed E-state index contributed by atoms with van der Waals surface area (Å²) in [5.74, 6) is 0.234. The van der Waals surface area contributed by atoms with Crippen LogP contribution in [0.2, 0.25) is 10.0 Å². The third kappa shape index (κ3) is 2.45. The van der Waals surface area contributed by atoms with Gasteiger partial charge in [0.2, 0.25) is 5.89 Å². The molecule has 5 aromatic carbocycles. The number of hydrogen-bond donors (Lipinski definition) is 0. The molecule has 0 bridgehead atoms. The van der Waals surface area contributed by atoms with Crippen molar-refractivity contribution in [2.75, 3.05) is 0 Å². The molecule has 5 heteroatoms. The summed E-state index contributed by atoms with van der Waals surface area (Å²) >= 11 is 12.3. The summed E-state index contributed by atoms with van der Waals surface area (Å²) in [4.78, 5) is 17.1. The number of rotatable bonds is 1. The molecule has 0 aliphatic heterocycles. The normalized spacial score (nSPS) is 11.9. The molecular formula is C24H11Cl2NO2. The van der Waals surface area contributed by atoms with Crippen LogP contribution >= 0.6 is 23.2 Å². The summed E-state index contributed by atoms with van der Waals surface area (Å²) in [5, 5.41) is 7.91. The number of aromatic nitrogens is 1. The molecule has 1 aromatic heterocycles. The van der Waals surface area contributed by atoms with Gasteiger partial charge in [-0.3, -0.25) is 0 Å². The lowest BCUT2D eigenvalue weighted by Gasteiger charge is -2.12. The Labute approximate surface area is 174 Å². The van der Waals surface area contributed by atoms with E-state index >= 15 is 0 Å². The van der Waals surface area contributed by atoms with Crippen molar-refractivity contribution in [3.05, 3.63) is 87.2 Å². The second-order valence-corrected chi connectivity index (χ2v) is 7.94. The van der Waals surface area contributed by atoms with E-state index in [1.807, 2.05) is 12.1 Å². The summed E-state index contributed by atoms with van der Waals surface area (Å²) in [6, 6.07) is 21.8. The van der Waals surface area contributed by atoms with Crippen LogP contribution in [0, 0.1) is 0 Å². The fraction of sp³-hybridized carbons (Fsp3) is 0. The van der Waals surface area contributed by atoms with Crippen LogP contribution < -0.4 is 5.63 Å². The Bertz CT molecular complexity index is 1590. The van der Waals surface area contributed by atoms with Gasteiger partial charge in [0.15, 0.2) is 0 Å². The van der Waals surface area contributed by atoms with Gasteiger partial charge in [0, 0.05) is 10.6 Å². The molecule has 6 aromatic rings. The first-order chi connectivity index (χ1) is 14.1. The number of fused-ring (bicyclic) bond motifs is 1. The van der Waals surface area contributed by atoms with E-state index in [-0.39, 0.29) is 11.3 Å². The summed E-state index contributed by atoms with van der Waals surface area (Å²) in [6.45, 7) is 0. The van der Waals surface area contributed by atoms with Gasteiger partial charge in [-0.1, -0.05) is 65.7 Å². The maximum Gasteiger partial charge on any atom is 0.347 e. The minimum Gasteiger partial charge on any atom is -0.403 e. The van der Waals surface area contributed by atoms with Gasteiger partial charge in [0.05, 0.1) is 10.4 Å². The Morgan fingerprint density at radius 3 is 2.07 bits per heavy atom. The van der Waals surface area contributed by atoms with Gasteiger partial charge in [-0.2, -0.15) is 0 Å². The molecule has 0 fully saturated rings. The van der Waals surface area contributed by atoms with Crippen LogP contribution in [0.25, 0.3) is 54.7 Å². The molecular weight excluding hydrogens is 405 g/mol. The Morgan fingerprint density at radius 2 is 1.38 bits per heavy atom. The highest BCUT2D eigenvalue weighted by molar-refractivity contribution is 6.38. The van der Waals surface area contributed by atoms with Crippen LogP contribution in [0.15, 0.2) is 75.9 Å². The van der Waals surface area contributed by atoms with Crippen LogP contribution in [-0.2, 0) is 0 Å². The van der Waals surface area contributed by atoms with E-state index in [0.717, 1.165) is 16.3 Å². The number of hydrogen-bond acceptors (Lipinski definition) is 3. The molecule has 0 aliphatic rings. The molecule has 138 valence electrons. The smallest absolute Gasteiger partial charge is 0.347 e. The van der Waals surface area contributed by atoms with Crippen LogP contribution in [0.4, 0.5) is 0 Å². The van der Waals surface area contributed by atoms with Crippen molar-refractivity contribution in [2.24, 2.45) is 0 Å². The first-order valence-electron chi connectivity index (χ1n) is 9.06. The van der Waals surface area contributed by atoms with E-state index in [9.17, 15) is 4.79 Å². The molecule has 0 amide bonds. The van der Waals surface area contributed by atoms with Crippen LogP contribution in [0.5, 0.6) is 0 Å². The van der Waals surface area contributed by atoms with E-state index < -0.39 is 5.63 Å². The average Bonchev–Trinajstić information content (AvgIpc) is 2.72. The van der Waals surface area contributed by atoms with Crippen molar-refractivity contribution < 1.29 is 4.42 Å². The summed E-state index contributed by atoms with van der Waals surface area (Å²) < 4.78 is 5.53. The van der Waals surface area contributed by atoms with Crippen molar-refractivity contribution in [1.82, 2.24) is 4.98 Å². The van der Waals surface area contributed by atoms with Gasteiger partial charge < -0.3 is 4.42 Å². The molecule has 0 spiro atoms. The first-order valence-corrected chi connectivity index (χ1v) is 9.82. The first kappa shape index (κ1) is 16.8. The number of benzene rings is 5. The molecule has 0 unspecified atom stereocenters. The zero-order valence-electron chi connectivity index (χ0n) is 14.9. The topological polar surface area (TPSA) is 43.1 Å². The van der Waals surface area contributed by atoms with Gasteiger partial charge in [-0.05, 0) is 56.6 Å². The highest BCUT2D eigenvalue weighted by Crippen LogP contribution is 2.37. The lowest BCUT2D eigenvalue weighted by Crippen LogP contribution is -2.03. The van der Waals surface area contributed by atoms with Crippen LogP contribution in [0.3, 0.4) is 0 Å². The molecule has 0 N–H and O–H groups in total. The maximum atomic E-state index is 12.5. The molecule has 0 atom stereocenters. The van der Waals surface area contributed by atoms with E-state index in [0.29, 0.717) is 15.6 Å². The molecule has 0 radical (unpaired) electrons. The second kappa shape index (κ2) is 5.93. The number of halogens is 2. The molecule has 0 saturated carbocycles. The van der Waals surface area contributed by atoms with E-state index in [1.54, 1.807) is 6.07 Å². The lowest BCUT2D eigenvalue weighted by atomic mass is 9.93. The minimum absolute atomic E-state index is 0.234. The zero-order chi connectivity index (χ0) is 19.7. The van der Waals surface area contributed by atoms with E-state index in [2.05, 4.69) is 47.4 Å². The van der Waals surface area contributed by atoms with Crippen molar-refractivity contribution in [3.8, 4) is 11.5 Å². The largest absolute Gasteiger partial charge is 0.403 e. The van der Waals surface area contributed by atoms with E-state index in [1.165, 1.54) is 27.6 Å². The fourth-order valence-corrected chi connectivity index (χ4v) is 4.64. The van der Waals surface area contributed by atoms with Crippen molar-refractivity contribution in [3.63, 3.8) is 0 Å². The minimum atomic E-state index is -0.514. The highest BCUT2D eigenvalue weighted by atomic mass is 35.5. The Morgan fingerprint density at radius 1 is 0.759 bits per heavy atom. The maximum absolute atomic E-state index is 12.5. The van der Waals surface area contributed by atoms with Crippen molar-refractivity contribution >= 4 is 66.4 Å². The third-order valence-corrected chi connectivity index (χ3v) is 5.87. The molecule has 1 heterocycles. The molecule has 0 aliphatic carbocycles. The third-order valence-electron chi connectivity index (χ3n) is 5.36. The monoisotopic (exact) mass is 415 g/mol. The average molecular weight is 416 g/mol. The second-order valence-electron chi connectivity index (χ2n) is 7.10.